The Morgan fingerprint density at radius 3 is 2.39 bits per heavy atom. The van der Waals surface area contributed by atoms with Crippen LogP contribution in [0.5, 0.6) is 0 Å². The van der Waals surface area contributed by atoms with Crippen LogP contribution in [0.1, 0.15) is 41.5 Å². The number of allylic oxidation sites excluding steroid dienone is 1. The molecule has 0 saturated heterocycles. The Bertz CT molecular complexity index is 1190. The highest BCUT2D eigenvalue weighted by atomic mass is 32.2. The van der Waals surface area contributed by atoms with Crippen molar-refractivity contribution < 1.29 is 18.3 Å². The molecular formula is C26H28N2O4S. The summed E-state index contributed by atoms with van der Waals surface area (Å²) in [4.78, 5) is 15.3. The quantitative estimate of drug-likeness (QED) is 0.404. The van der Waals surface area contributed by atoms with Gasteiger partial charge in [0.25, 0.3) is 0 Å². The molecule has 2 aromatic carbocycles. The fraction of sp³-hybridized carbons (Fsp3) is 0.231. The maximum absolute atomic E-state index is 12.4. The number of carbonyl (C=O) groups is 1. The van der Waals surface area contributed by atoms with Gasteiger partial charge >= 0.3 is 5.97 Å². The minimum atomic E-state index is -3.53. The molecule has 1 aromatic heterocycles. The predicted molar refractivity (Wildman–Crippen MR) is 129 cm³/mol. The second-order valence-electron chi connectivity index (χ2n) is 7.80. The molecule has 0 fully saturated rings. The second-order valence-corrected chi connectivity index (χ2v) is 9.57. The number of nitrogens with zero attached hydrogens (tertiary/aromatic N) is 1. The normalized spacial score (nSPS) is 12.0. The molecule has 1 heterocycles. The van der Waals surface area contributed by atoms with E-state index in [1.165, 1.54) is 0 Å². The van der Waals surface area contributed by atoms with Crippen LogP contribution in [0.15, 0.2) is 84.0 Å². The van der Waals surface area contributed by atoms with Crippen LogP contribution in [0.2, 0.25) is 0 Å². The van der Waals surface area contributed by atoms with Gasteiger partial charge in [-0.3, -0.25) is 9.78 Å². The first-order valence-corrected chi connectivity index (χ1v) is 12.3. The maximum Gasteiger partial charge on any atom is 0.303 e. The SMILES string of the molecule is Cc1ccc(S(=O)(=O)NCCc2ccc(/C(=C\CCCC(=O)O)c3cccnc3)cc2)cc1. The third kappa shape index (κ3) is 7.37. The van der Waals surface area contributed by atoms with Crippen molar-refractivity contribution in [3.8, 4) is 0 Å². The summed E-state index contributed by atoms with van der Waals surface area (Å²) in [6, 6.07) is 18.6. The summed E-state index contributed by atoms with van der Waals surface area (Å²) in [6.07, 6.45) is 7.47. The Balaban J connectivity index is 1.65. The van der Waals surface area contributed by atoms with Gasteiger partial charge in [-0.2, -0.15) is 0 Å². The van der Waals surface area contributed by atoms with Crippen molar-refractivity contribution in [2.75, 3.05) is 6.54 Å². The summed E-state index contributed by atoms with van der Waals surface area (Å²) in [6.45, 7) is 2.22. The molecule has 172 valence electrons. The molecule has 33 heavy (non-hydrogen) atoms. The average Bonchev–Trinajstić information content (AvgIpc) is 2.80. The standard InChI is InChI=1S/C26H28N2O4S/c1-20-8-14-24(15-9-20)33(31,32)28-18-16-21-10-12-22(13-11-21)25(6-2-3-7-26(29)30)23-5-4-17-27-19-23/h4-6,8-15,17,19,28H,2-3,7,16,18H2,1H3,(H,29,30)/b25-6+. The Kier molecular flexibility index (Phi) is 8.52. The molecule has 0 spiro atoms. The van der Waals surface area contributed by atoms with Crippen LogP contribution in [-0.4, -0.2) is 31.0 Å². The number of hydrogen-bond donors (Lipinski definition) is 2. The summed E-state index contributed by atoms with van der Waals surface area (Å²) in [5, 5.41) is 8.87. The lowest BCUT2D eigenvalue weighted by atomic mass is 9.96. The van der Waals surface area contributed by atoms with Gasteiger partial charge in [-0.15, -0.1) is 0 Å². The first kappa shape index (κ1) is 24.4. The first-order chi connectivity index (χ1) is 15.8. The number of aryl methyl sites for hydroxylation is 1. The summed E-state index contributed by atoms with van der Waals surface area (Å²) < 4.78 is 27.5. The molecule has 0 unspecified atom stereocenters. The van der Waals surface area contributed by atoms with E-state index in [0.29, 0.717) is 25.8 Å². The van der Waals surface area contributed by atoms with Crippen LogP contribution in [0.3, 0.4) is 0 Å². The Labute approximate surface area is 195 Å². The molecule has 0 bridgehead atoms. The molecule has 0 amide bonds. The van der Waals surface area contributed by atoms with Crippen molar-refractivity contribution in [1.29, 1.82) is 0 Å². The van der Waals surface area contributed by atoms with Gasteiger partial charge in [-0.25, -0.2) is 13.1 Å². The molecular weight excluding hydrogens is 436 g/mol. The van der Waals surface area contributed by atoms with Crippen molar-refractivity contribution in [3.63, 3.8) is 0 Å². The number of hydrogen-bond acceptors (Lipinski definition) is 4. The zero-order chi connectivity index (χ0) is 23.7. The van der Waals surface area contributed by atoms with Gasteiger partial charge in [0.15, 0.2) is 0 Å². The number of aromatic nitrogens is 1. The van der Waals surface area contributed by atoms with Crippen LogP contribution in [0.4, 0.5) is 0 Å². The number of pyridine rings is 1. The van der Waals surface area contributed by atoms with Crippen LogP contribution in [-0.2, 0) is 21.2 Å². The number of rotatable bonds is 11. The average molecular weight is 465 g/mol. The minimum absolute atomic E-state index is 0.133. The number of unbranched alkanes of at least 4 members (excludes halogenated alkanes) is 1. The van der Waals surface area contributed by atoms with Gasteiger partial charge in [-0.05, 0) is 61.1 Å². The van der Waals surface area contributed by atoms with E-state index in [2.05, 4.69) is 9.71 Å². The van der Waals surface area contributed by atoms with E-state index in [4.69, 9.17) is 5.11 Å². The second kappa shape index (κ2) is 11.5. The number of nitrogens with one attached hydrogen (secondary N) is 1. The lowest BCUT2D eigenvalue weighted by molar-refractivity contribution is -0.137. The van der Waals surface area contributed by atoms with Crippen molar-refractivity contribution >= 4 is 21.6 Å². The van der Waals surface area contributed by atoms with E-state index >= 15 is 0 Å². The molecule has 3 rings (SSSR count). The van der Waals surface area contributed by atoms with Gasteiger partial charge in [0.05, 0.1) is 4.90 Å². The van der Waals surface area contributed by atoms with Gasteiger partial charge in [-0.1, -0.05) is 54.1 Å². The molecule has 0 aliphatic heterocycles. The number of benzene rings is 2. The summed E-state index contributed by atoms with van der Waals surface area (Å²) in [5.74, 6) is -0.798. The van der Waals surface area contributed by atoms with E-state index in [-0.39, 0.29) is 11.3 Å². The lowest BCUT2D eigenvalue weighted by Crippen LogP contribution is -2.26. The highest BCUT2D eigenvalue weighted by molar-refractivity contribution is 7.89. The fourth-order valence-electron chi connectivity index (χ4n) is 3.41. The Morgan fingerprint density at radius 2 is 1.76 bits per heavy atom. The first-order valence-electron chi connectivity index (χ1n) is 10.8. The van der Waals surface area contributed by atoms with E-state index in [9.17, 15) is 13.2 Å². The highest BCUT2D eigenvalue weighted by Crippen LogP contribution is 2.24. The minimum Gasteiger partial charge on any atom is -0.481 e. The zero-order valence-electron chi connectivity index (χ0n) is 18.6. The molecule has 0 aliphatic carbocycles. The topological polar surface area (TPSA) is 96.4 Å². The molecule has 7 heteroatoms. The van der Waals surface area contributed by atoms with Crippen LogP contribution < -0.4 is 4.72 Å². The smallest absolute Gasteiger partial charge is 0.303 e. The Morgan fingerprint density at radius 1 is 1.03 bits per heavy atom. The summed E-state index contributed by atoms with van der Waals surface area (Å²) in [7, 11) is -3.53. The number of carboxylic acids is 1. The molecule has 3 aromatic rings. The number of carboxylic acid groups (broad SMARTS) is 1. The van der Waals surface area contributed by atoms with Crippen molar-refractivity contribution in [2.24, 2.45) is 0 Å². The van der Waals surface area contributed by atoms with Crippen LogP contribution >= 0.6 is 0 Å². The molecule has 0 saturated carbocycles. The van der Waals surface area contributed by atoms with Crippen LogP contribution in [0.25, 0.3) is 5.57 Å². The lowest BCUT2D eigenvalue weighted by Gasteiger charge is -2.10. The zero-order valence-corrected chi connectivity index (χ0v) is 19.4. The molecule has 2 N–H and O–H groups in total. The molecule has 0 radical (unpaired) electrons. The van der Waals surface area contributed by atoms with E-state index in [0.717, 1.165) is 27.8 Å². The maximum atomic E-state index is 12.4. The van der Waals surface area contributed by atoms with E-state index < -0.39 is 16.0 Å². The van der Waals surface area contributed by atoms with Gasteiger partial charge < -0.3 is 5.11 Å². The number of aliphatic carboxylic acids is 1. The molecule has 0 atom stereocenters. The summed E-state index contributed by atoms with van der Waals surface area (Å²) in [5.41, 5.74) is 4.99. The van der Waals surface area contributed by atoms with E-state index in [1.807, 2.05) is 49.4 Å². The molecule has 6 nitrogen and oxygen atoms in total. The highest BCUT2D eigenvalue weighted by Gasteiger charge is 2.13. The Hall–Kier alpha value is -3.29. The third-order valence-electron chi connectivity index (χ3n) is 5.22. The predicted octanol–water partition coefficient (Wildman–Crippen LogP) is 4.60. The molecule has 0 aliphatic rings. The van der Waals surface area contributed by atoms with Crippen LogP contribution in [0, 0.1) is 6.92 Å². The van der Waals surface area contributed by atoms with Crippen molar-refractivity contribution in [2.45, 2.75) is 37.5 Å². The largest absolute Gasteiger partial charge is 0.481 e. The van der Waals surface area contributed by atoms with Gasteiger partial charge in [0.1, 0.15) is 0 Å². The number of sulfonamides is 1. The summed E-state index contributed by atoms with van der Waals surface area (Å²) >= 11 is 0. The third-order valence-corrected chi connectivity index (χ3v) is 6.69. The fourth-order valence-corrected chi connectivity index (χ4v) is 4.44. The van der Waals surface area contributed by atoms with Gasteiger partial charge in [0.2, 0.25) is 10.0 Å². The van der Waals surface area contributed by atoms with Gasteiger partial charge in [0, 0.05) is 30.9 Å². The van der Waals surface area contributed by atoms with Crippen molar-refractivity contribution in [1.82, 2.24) is 9.71 Å². The van der Waals surface area contributed by atoms with Crippen molar-refractivity contribution in [3.05, 3.63) is 101 Å². The van der Waals surface area contributed by atoms with E-state index in [1.54, 1.807) is 36.7 Å². The monoisotopic (exact) mass is 464 g/mol.